The van der Waals surface area contributed by atoms with Gasteiger partial charge in [0.2, 0.25) is 0 Å². The maximum atomic E-state index is 12.8. The van der Waals surface area contributed by atoms with Gasteiger partial charge in [-0.25, -0.2) is 0 Å². The molecule has 0 unspecified atom stereocenters. The highest BCUT2D eigenvalue weighted by molar-refractivity contribution is 5.85. The molecule has 17 heavy (non-hydrogen) atoms. The van der Waals surface area contributed by atoms with Gasteiger partial charge in [-0.1, -0.05) is 12.1 Å². The van der Waals surface area contributed by atoms with Gasteiger partial charge in [-0.05, 0) is 12.5 Å². The van der Waals surface area contributed by atoms with Crippen molar-refractivity contribution in [2.24, 2.45) is 5.73 Å². The first-order valence-electron chi connectivity index (χ1n) is 4.74. The molecule has 2 rings (SSSR count). The lowest BCUT2D eigenvalue weighted by atomic mass is 10.0. The minimum atomic E-state index is -3.67. The number of hydrogen-bond donors (Lipinski definition) is 1. The normalized spacial score (nSPS) is 17.4. The Morgan fingerprint density at radius 1 is 1.29 bits per heavy atom. The zero-order valence-corrected chi connectivity index (χ0v) is 9.48. The predicted octanol–water partition coefficient (Wildman–Crippen LogP) is 2.79. The first kappa shape index (κ1) is 13.9. The van der Waals surface area contributed by atoms with E-state index in [1.807, 2.05) is 0 Å². The van der Waals surface area contributed by atoms with E-state index in [0.29, 0.717) is 5.56 Å². The van der Waals surface area contributed by atoms with Crippen LogP contribution in [0, 0.1) is 0 Å². The standard InChI is InChI=1S/C10H10F3NO2.ClH/c11-5-4-7(14)6-2-1-3-8-9(6)16-10(12,13)15-8;/h1-3,7H,4-5,14H2;1H/t7-;/m1./s1. The number of alkyl halides is 3. The Kier molecular flexibility index (Phi) is 4.11. The summed E-state index contributed by atoms with van der Waals surface area (Å²) in [7, 11) is 0. The second-order valence-corrected chi connectivity index (χ2v) is 3.43. The van der Waals surface area contributed by atoms with Gasteiger partial charge < -0.3 is 15.2 Å². The van der Waals surface area contributed by atoms with Crippen molar-refractivity contribution in [2.75, 3.05) is 6.67 Å². The summed E-state index contributed by atoms with van der Waals surface area (Å²) >= 11 is 0. The van der Waals surface area contributed by atoms with Crippen LogP contribution in [0.25, 0.3) is 0 Å². The van der Waals surface area contributed by atoms with Crippen molar-refractivity contribution in [2.45, 2.75) is 18.8 Å². The maximum Gasteiger partial charge on any atom is 0.586 e. The smallest absolute Gasteiger partial charge is 0.395 e. The van der Waals surface area contributed by atoms with Crippen molar-refractivity contribution in [3.63, 3.8) is 0 Å². The topological polar surface area (TPSA) is 44.5 Å². The summed E-state index contributed by atoms with van der Waals surface area (Å²) in [5, 5.41) is 0. The minimum absolute atomic E-state index is 0. The first-order valence-corrected chi connectivity index (χ1v) is 4.74. The Balaban J connectivity index is 0.00000144. The number of fused-ring (bicyclic) bond motifs is 1. The molecule has 1 heterocycles. The van der Waals surface area contributed by atoms with Crippen molar-refractivity contribution in [3.05, 3.63) is 23.8 Å². The lowest BCUT2D eigenvalue weighted by molar-refractivity contribution is -0.287. The second kappa shape index (κ2) is 5.01. The fourth-order valence-corrected chi connectivity index (χ4v) is 1.56. The Hall–Kier alpha value is -1.14. The molecule has 0 saturated carbocycles. The first-order chi connectivity index (χ1) is 7.53. The van der Waals surface area contributed by atoms with Crippen molar-refractivity contribution < 1.29 is 22.6 Å². The molecule has 0 radical (unpaired) electrons. The third-order valence-electron chi connectivity index (χ3n) is 2.28. The number of halogens is 4. The van der Waals surface area contributed by atoms with Crippen LogP contribution in [-0.2, 0) is 0 Å². The lowest BCUT2D eigenvalue weighted by Crippen LogP contribution is -2.26. The molecule has 1 aliphatic heterocycles. The van der Waals surface area contributed by atoms with Crippen molar-refractivity contribution in [3.8, 4) is 11.5 Å². The Labute approximate surface area is 102 Å². The predicted molar refractivity (Wildman–Crippen MR) is 57.4 cm³/mol. The van der Waals surface area contributed by atoms with E-state index < -0.39 is 19.0 Å². The Morgan fingerprint density at radius 2 is 2.00 bits per heavy atom. The van der Waals surface area contributed by atoms with E-state index >= 15 is 0 Å². The molecule has 96 valence electrons. The zero-order valence-electron chi connectivity index (χ0n) is 8.66. The highest BCUT2D eigenvalue weighted by Gasteiger charge is 2.44. The highest BCUT2D eigenvalue weighted by atomic mass is 35.5. The van der Waals surface area contributed by atoms with Crippen LogP contribution in [-0.4, -0.2) is 13.0 Å². The molecule has 3 nitrogen and oxygen atoms in total. The second-order valence-electron chi connectivity index (χ2n) is 3.43. The summed E-state index contributed by atoms with van der Waals surface area (Å²) in [5.74, 6) is -0.176. The van der Waals surface area contributed by atoms with E-state index in [0.717, 1.165) is 0 Å². The zero-order chi connectivity index (χ0) is 11.8. The van der Waals surface area contributed by atoms with Crippen molar-refractivity contribution >= 4 is 12.4 Å². The monoisotopic (exact) mass is 269 g/mol. The van der Waals surface area contributed by atoms with E-state index in [-0.39, 0.29) is 30.3 Å². The van der Waals surface area contributed by atoms with E-state index in [1.54, 1.807) is 0 Å². The van der Waals surface area contributed by atoms with Crippen LogP contribution in [0.2, 0.25) is 0 Å². The summed E-state index contributed by atoms with van der Waals surface area (Å²) in [6.45, 7) is -0.623. The van der Waals surface area contributed by atoms with Gasteiger partial charge in [0.05, 0.1) is 6.67 Å². The molecule has 0 aromatic heterocycles. The van der Waals surface area contributed by atoms with E-state index in [1.165, 1.54) is 18.2 Å². The number of para-hydroxylation sites is 1. The summed E-state index contributed by atoms with van der Waals surface area (Å²) in [5.41, 5.74) is 5.97. The maximum absolute atomic E-state index is 12.8. The number of benzene rings is 1. The fraction of sp³-hybridized carbons (Fsp3) is 0.400. The molecule has 1 atom stereocenters. The van der Waals surface area contributed by atoms with Crippen LogP contribution in [0.4, 0.5) is 13.2 Å². The Morgan fingerprint density at radius 3 is 2.65 bits per heavy atom. The van der Waals surface area contributed by atoms with Crippen LogP contribution in [0.1, 0.15) is 18.0 Å². The largest absolute Gasteiger partial charge is 0.586 e. The van der Waals surface area contributed by atoms with Crippen LogP contribution in [0.15, 0.2) is 18.2 Å². The molecular weight excluding hydrogens is 259 g/mol. The van der Waals surface area contributed by atoms with Crippen molar-refractivity contribution in [1.29, 1.82) is 0 Å². The fourth-order valence-electron chi connectivity index (χ4n) is 1.56. The average Bonchev–Trinajstić information content (AvgIpc) is 2.51. The van der Waals surface area contributed by atoms with Crippen molar-refractivity contribution in [1.82, 2.24) is 0 Å². The summed E-state index contributed by atoms with van der Waals surface area (Å²) in [6.07, 6.45) is -3.63. The summed E-state index contributed by atoms with van der Waals surface area (Å²) < 4.78 is 46.3. The van der Waals surface area contributed by atoms with Crippen LogP contribution >= 0.6 is 12.4 Å². The molecule has 0 aliphatic carbocycles. The van der Waals surface area contributed by atoms with Crippen LogP contribution in [0.3, 0.4) is 0 Å². The summed E-state index contributed by atoms with van der Waals surface area (Å²) in [6, 6.07) is 3.69. The Bertz CT molecular complexity index is 403. The van der Waals surface area contributed by atoms with Gasteiger partial charge in [-0.2, -0.15) is 0 Å². The molecule has 0 saturated heterocycles. The molecule has 7 heteroatoms. The van der Waals surface area contributed by atoms with E-state index in [9.17, 15) is 13.2 Å². The van der Waals surface area contributed by atoms with E-state index in [2.05, 4.69) is 9.47 Å². The number of ether oxygens (including phenoxy) is 2. The molecule has 1 aliphatic rings. The van der Waals surface area contributed by atoms with Gasteiger partial charge in [0.1, 0.15) is 0 Å². The van der Waals surface area contributed by atoms with Crippen LogP contribution in [0.5, 0.6) is 11.5 Å². The molecular formula is C10H11ClF3NO2. The van der Waals surface area contributed by atoms with Gasteiger partial charge in [0.15, 0.2) is 11.5 Å². The highest BCUT2D eigenvalue weighted by Crippen LogP contribution is 2.45. The molecule has 2 N–H and O–H groups in total. The van der Waals surface area contributed by atoms with Gasteiger partial charge in [-0.3, -0.25) is 4.39 Å². The molecule has 1 aromatic rings. The quantitative estimate of drug-likeness (QED) is 0.918. The van der Waals surface area contributed by atoms with Gasteiger partial charge in [-0.15, -0.1) is 21.2 Å². The molecule has 0 spiro atoms. The minimum Gasteiger partial charge on any atom is -0.395 e. The molecule has 0 bridgehead atoms. The SMILES string of the molecule is Cl.N[C@H](CCF)c1cccc2c1OC(F)(F)O2. The molecule has 1 aromatic carbocycles. The molecule has 0 fully saturated rings. The van der Waals surface area contributed by atoms with Crippen LogP contribution < -0.4 is 15.2 Å². The van der Waals surface area contributed by atoms with E-state index in [4.69, 9.17) is 5.73 Å². The summed E-state index contributed by atoms with van der Waals surface area (Å²) in [4.78, 5) is 0. The van der Waals surface area contributed by atoms with Gasteiger partial charge in [0, 0.05) is 11.6 Å². The lowest BCUT2D eigenvalue weighted by Gasteiger charge is -2.12. The average molecular weight is 270 g/mol. The number of nitrogens with two attached hydrogens (primary N) is 1. The van der Waals surface area contributed by atoms with Gasteiger partial charge in [0.25, 0.3) is 0 Å². The number of rotatable bonds is 3. The third-order valence-corrected chi connectivity index (χ3v) is 2.28. The van der Waals surface area contributed by atoms with Gasteiger partial charge >= 0.3 is 6.29 Å². The third kappa shape index (κ3) is 2.76. The number of hydrogen-bond acceptors (Lipinski definition) is 3. The molecule has 0 amide bonds.